The third kappa shape index (κ3) is 4.81. The van der Waals surface area contributed by atoms with Crippen LogP contribution in [0.1, 0.15) is 79.7 Å². The van der Waals surface area contributed by atoms with Crippen LogP contribution in [0.2, 0.25) is 0 Å². The number of aromatic nitrogens is 4. The van der Waals surface area contributed by atoms with Gasteiger partial charge >= 0.3 is 0 Å². The topological polar surface area (TPSA) is 120 Å². The van der Waals surface area contributed by atoms with Gasteiger partial charge < -0.3 is 25.3 Å². The molecule has 2 aliphatic heterocycles. The molecule has 2 saturated carbocycles. The van der Waals surface area contributed by atoms with Crippen molar-refractivity contribution in [2.75, 3.05) is 13.7 Å². The standard InChI is InChI=1S/C35H41F2N7O3/c1-18-26-11-9-21-14-27(42(32(21)40-26)12-6-4-5-7-24-30(33(45)39-18)35(24,36)37)31-19(2)44-28(41-31)15-22(16-29(44)47-3)34(46)43-17-25(38)20-8-10-23(43)13-20/h9,11,14-16,18,20,23-25,30H,4-8,10,12-13,17,38H2,1-3H3,(H,39,45)/t18-,20-,23+,24+,25+,30-/m1/s1. The summed E-state index contributed by atoms with van der Waals surface area (Å²) in [7, 11) is 1.59. The molecule has 47 heavy (non-hydrogen) atoms. The minimum absolute atomic E-state index is 0.00620. The number of aryl methyl sites for hydroxylation is 2. The van der Waals surface area contributed by atoms with E-state index in [0.29, 0.717) is 54.6 Å². The quantitative estimate of drug-likeness (QED) is 0.314. The van der Waals surface area contributed by atoms with Crippen LogP contribution in [0, 0.1) is 24.7 Å². The smallest absolute Gasteiger partial charge is 0.263 e. The van der Waals surface area contributed by atoms with Gasteiger partial charge in [0.15, 0.2) is 5.88 Å². The molecule has 0 aromatic carbocycles. The summed E-state index contributed by atoms with van der Waals surface area (Å²) in [4.78, 5) is 38.6. The molecule has 4 aliphatic rings. The number of carbonyl (C=O) groups excluding carboxylic acids is 2. The maximum absolute atomic E-state index is 14.5. The number of nitrogens with zero attached hydrogens (tertiary/aromatic N) is 5. The molecule has 8 rings (SSSR count). The van der Waals surface area contributed by atoms with Crippen molar-refractivity contribution >= 4 is 28.5 Å². The minimum Gasteiger partial charge on any atom is -0.482 e. The third-order valence-corrected chi connectivity index (χ3v) is 11.2. The summed E-state index contributed by atoms with van der Waals surface area (Å²) in [5, 5.41) is 3.71. The highest BCUT2D eigenvalue weighted by Gasteiger charge is 2.71. The Kier molecular flexibility index (Phi) is 7.09. The molecule has 2 aliphatic carbocycles. The van der Waals surface area contributed by atoms with Crippen molar-refractivity contribution in [2.45, 2.75) is 89.4 Å². The van der Waals surface area contributed by atoms with Gasteiger partial charge in [-0.25, -0.2) is 18.7 Å². The van der Waals surface area contributed by atoms with E-state index in [2.05, 4.69) is 16.0 Å². The summed E-state index contributed by atoms with van der Waals surface area (Å²) in [5.74, 6) is -4.76. The van der Waals surface area contributed by atoms with Crippen LogP contribution in [0.5, 0.6) is 5.88 Å². The van der Waals surface area contributed by atoms with Crippen LogP contribution in [0.3, 0.4) is 0 Å². The first-order valence-corrected chi connectivity index (χ1v) is 16.9. The molecule has 2 amide bonds. The molecule has 6 heterocycles. The van der Waals surface area contributed by atoms with Gasteiger partial charge in [0.2, 0.25) is 5.91 Å². The molecule has 10 nitrogen and oxygen atoms in total. The number of methoxy groups -OCH3 is 1. The van der Waals surface area contributed by atoms with E-state index in [1.54, 1.807) is 20.1 Å². The van der Waals surface area contributed by atoms with Gasteiger partial charge in [-0.1, -0.05) is 12.8 Å². The molecule has 6 atom stereocenters. The second-order valence-electron chi connectivity index (χ2n) is 14.0. The summed E-state index contributed by atoms with van der Waals surface area (Å²) in [6.07, 6.45) is 5.47. The van der Waals surface area contributed by atoms with Gasteiger partial charge in [-0.3, -0.25) is 14.0 Å². The minimum atomic E-state index is -2.95. The molecule has 12 heteroatoms. The fourth-order valence-corrected chi connectivity index (χ4v) is 8.50. The Morgan fingerprint density at radius 2 is 1.94 bits per heavy atom. The number of imidazole rings is 1. The number of piperidine rings is 1. The SMILES string of the molecule is COc1cc(C(=O)N2C[C@H](N)[C@@H]3CC[C@H]2C3)cc2nc(-c3cc4ccc5nc4n3CCCCC[C@H]3[C@H](C(=O)N[C@@H]5C)C3(F)F)c(C)n12. The second-order valence-corrected chi connectivity index (χ2v) is 14.0. The summed E-state index contributed by atoms with van der Waals surface area (Å²) >= 11 is 0. The second kappa shape index (κ2) is 11.0. The Hall–Kier alpha value is -4.06. The fourth-order valence-electron chi connectivity index (χ4n) is 8.50. The monoisotopic (exact) mass is 645 g/mol. The Morgan fingerprint density at radius 1 is 1.11 bits per heavy atom. The molecule has 4 aromatic heterocycles. The molecule has 3 N–H and O–H groups in total. The number of amides is 2. The van der Waals surface area contributed by atoms with Crippen LogP contribution in [-0.2, 0) is 11.3 Å². The van der Waals surface area contributed by atoms with E-state index in [4.69, 9.17) is 20.4 Å². The van der Waals surface area contributed by atoms with E-state index < -0.39 is 29.7 Å². The Labute approximate surface area is 271 Å². The predicted molar refractivity (Wildman–Crippen MR) is 172 cm³/mol. The zero-order valence-electron chi connectivity index (χ0n) is 27.0. The van der Waals surface area contributed by atoms with Crippen LogP contribution >= 0.6 is 0 Å². The van der Waals surface area contributed by atoms with E-state index in [9.17, 15) is 18.4 Å². The van der Waals surface area contributed by atoms with Gasteiger partial charge in [-0.2, -0.15) is 0 Å². The number of alkyl halides is 2. The number of rotatable bonds is 3. The number of hydrogen-bond acceptors (Lipinski definition) is 6. The maximum Gasteiger partial charge on any atom is 0.263 e. The average Bonchev–Trinajstić information content (AvgIpc) is 3.45. The summed E-state index contributed by atoms with van der Waals surface area (Å²) in [6, 6.07) is 9.17. The lowest BCUT2D eigenvalue weighted by Crippen LogP contribution is -2.51. The van der Waals surface area contributed by atoms with Crippen molar-refractivity contribution in [3.05, 3.63) is 47.3 Å². The summed E-state index contributed by atoms with van der Waals surface area (Å²) in [5.41, 5.74) is 11.4. The van der Waals surface area contributed by atoms with Crippen molar-refractivity contribution in [3.8, 4) is 17.3 Å². The normalized spacial score (nSPS) is 28.7. The highest BCUT2D eigenvalue weighted by molar-refractivity contribution is 5.96. The fraction of sp³-hybridized carbons (Fsp3) is 0.543. The first-order valence-electron chi connectivity index (χ1n) is 16.9. The maximum atomic E-state index is 14.5. The number of hydrogen-bond donors (Lipinski definition) is 2. The molecule has 3 fully saturated rings. The Morgan fingerprint density at radius 3 is 2.74 bits per heavy atom. The number of halogens is 2. The zero-order valence-corrected chi connectivity index (χ0v) is 27.0. The number of fused-ring (bicyclic) bond motifs is 5. The number of nitrogens with two attached hydrogens (primary N) is 1. The number of pyridine rings is 2. The van der Waals surface area contributed by atoms with Crippen LogP contribution in [0.15, 0.2) is 30.3 Å². The van der Waals surface area contributed by atoms with Gasteiger partial charge in [0.25, 0.3) is 11.8 Å². The van der Waals surface area contributed by atoms with E-state index in [1.165, 1.54) is 0 Å². The zero-order chi connectivity index (χ0) is 32.8. The van der Waals surface area contributed by atoms with E-state index in [1.807, 2.05) is 34.4 Å². The summed E-state index contributed by atoms with van der Waals surface area (Å²) in [6.45, 7) is 4.95. The van der Waals surface area contributed by atoms with Gasteiger partial charge in [0, 0.05) is 48.1 Å². The highest BCUT2D eigenvalue weighted by atomic mass is 19.3. The molecule has 0 spiro atoms. The number of nitrogens with one attached hydrogen (secondary N) is 1. The van der Waals surface area contributed by atoms with Gasteiger partial charge in [0.1, 0.15) is 22.9 Å². The molecule has 4 aromatic rings. The predicted octanol–water partition coefficient (Wildman–Crippen LogP) is 5.25. The van der Waals surface area contributed by atoms with Crippen molar-refractivity contribution in [1.82, 2.24) is 29.2 Å². The van der Waals surface area contributed by atoms with E-state index in [0.717, 1.165) is 60.2 Å². The number of carbonyl (C=O) groups is 2. The van der Waals surface area contributed by atoms with Gasteiger partial charge in [-0.15, -0.1) is 0 Å². The summed E-state index contributed by atoms with van der Waals surface area (Å²) < 4.78 is 38.9. The van der Waals surface area contributed by atoms with Crippen LogP contribution < -0.4 is 15.8 Å². The van der Waals surface area contributed by atoms with E-state index >= 15 is 0 Å². The van der Waals surface area contributed by atoms with Gasteiger partial charge in [-0.05, 0) is 76.1 Å². The lowest BCUT2D eigenvalue weighted by molar-refractivity contribution is -0.125. The third-order valence-electron chi connectivity index (χ3n) is 11.2. The molecule has 0 unspecified atom stereocenters. The molecule has 4 bridgehead atoms. The molecule has 0 radical (unpaired) electrons. The van der Waals surface area contributed by atoms with Crippen LogP contribution in [0.25, 0.3) is 28.1 Å². The first kappa shape index (κ1) is 30.3. The van der Waals surface area contributed by atoms with Crippen molar-refractivity contribution in [3.63, 3.8) is 0 Å². The molecule has 248 valence electrons. The average molecular weight is 646 g/mol. The largest absolute Gasteiger partial charge is 0.482 e. The van der Waals surface area contributed by atoms with Gasteiger partial charge in [0.05, 0.1) is 30.2 Å². The number of ether oxygens (including phenoxy) is 1. The lowest BCUT2D eigenvalue weighted by atomic mass is 9.94. The molecule has 1 saturated heterocycles. The van der Waals surface area contributed by atoms with Crippen molar-refractivity contribution < 1.29 is 23.1 Å². The van der Waals surface area contributed by atoms with Crippen molar-refractivity contribution in [1.29, 1.82) is 0 Å². The first-order chi connectivity index (χ1) is 22.6. The highest BCUT2D eigenvalue weighted by Crippen LogP contribution is 2.58. The van der Waals surface area contributed by atoms with E-state index in [-0.39, 0.29) is 18.0 Å². The van der Waals surface area contributed by atoms with Crippen molar-refractivity contribution in [2.24, 2.45) is 23.5 Å². The molecular formula is C35H41F2N7O3. The molecular weight excluding hydrogens is 604 g/mol. The Bertz CT molecular complexity index is 1920. The van der Waals surface area contributed by atoms with Crippen LogP contribution in [-0.4, -0.2) is 67.3 Å². The number of likely N-dealkylation sites (tertiary alicyclic amines) is 1. The lowest BCUT2D eigenvalue weighted by Gasteiger charge is -2.37. The van der Waals surface area contributed by atoms with Crippen LogP contribution in [0.4, 0.5) is 8.78 Å². The Balaban J connectivity index is 1.18.